The van der Waals surface area contributed by atoms with Gasteiger partial charge in [0.1, 0.15) is 0 Å². The number of nitrogens with one attached hydrogen (secondary N) is 1. The molecule has 2 rings (SSSR count). The molecule has 0 bridgehead atoms. The van der Waals surface area contributed by atoms with Crippen molar-refractivity contribution >= 4 is 5.97 Å². The largest absolute Gasteiger partial charge is 0.463 e. The summed E-state index contributed by atoms with van der Waals surface area (Å²) in [7, 11) is 0. The van der Waals surface area contributed by atoms with E-state index in [2.05, 4.69) is 5.32 Å². The van der Waals surface area contributed by atoms with Crippen LogP contribution in [0.3, 0.4) is 0 Å². The Hall–Kier alpha value is -1.25. The molecule has 0 aromatic heterocycles. The van der Waals surface area contributed by atoms with Crippen LogP contribution >= 0.6 is 0 Å². The van der Waals surface area contributed by atoms with Crippen molar-refractivity contribution in [3.8, 4) is 0 Å². The molecule has 0 aromatic rings. The average Bonchev–Trinajstić information content (AvgIpc) is 2.64. The number of fused-ring (bicyclic) bond motifs is 1. The molecule has 1 unspecified atom stereocenters. The minimum atomic E-state index is -0.158. The smallest absolute Gasteiger partial charge is 0.334 e. The van der Waals surface area contributed by atoms with E-state index in [-0.39, 0.29) is 5.97 Å². The van der Waals surface area contributed by atoms with Crippen molar-refractivity contribution in [1.82, 2.24) is 5.32 Å². The molecule has 0 saturated carbocycles. The van der Waals surface area contributed by atoms with Crippen LogP contribution in [0.5, 0.6) is 0 Å². The monoisotopic (exact) mass is 193 g/mol. The van der Waals surface area contributed by atoms with E-state index in [0.717, 1.165) is 25.0 Å². The van der Waals surface area contributed by atoms with Crippen LogP contribution in [-0.2, 0) is 9.53 Å². The molecule has 3 heteroatoms. The first kappa shape index (κ1) is 9.31. The first-order valence-corrected chi connectivity index (χ1v) is 5.13. The summed E-state index contributed by atoms with van der Waals surface area (Å²) in [4.78, 5) is 11.4. The molecular weight excluding hydrogens is 178 g/mol. The first-order valence-electron chi connectivity index (χ1n) is 5.13. The average molecular weight is 193 g/mol. The zero-order valence-electron chi connectivity index (χ0n) is 8.38. The van der Waals surface area contributed by atoms with E-state index >= 15 is 0 Å². The predicted molar refractivity (Wildman–Crippen MR) is 53.5 cm³/mol. The van der Waals surface area contributed by atoms with Gasteiger partial charge in [-0.15, -0.1) is 0 Å². The van der Waals surface area contributed by atoms with Gasteiger partial charge in [0.15, 0.2) is 0 Å². The summed E-state index contributed by atoms with van der Waals surface area (Å²) in [6.45, 7) is 3.32. The molecule has 1 N–H and O–H groups in total. The number of esters is 1. The lowest BCUT2D eigenvalue weighted by atomic mass is 9.91. The Bertz CT molecular complexity index is 304. The van der Waals surface area contributed by atoms with Gasteiger partial charge in [-0.1, -0.05) is 6.08 Å². The maximum absolute atomic E-state index is 11.4. The van der Waals surface area contributed by atoms with Crippen molar-refractivity contribution in [2.75, 3.05) is 13.2 Å². The fourth-order valence-corrected chi connectivity index (χ4v) is 2.00. The van der Waals surface area contributed by atoms with Crippen LogP contribution in [0.4, 0.5) is 0 Å². The van der Waals surface area contributed by atoms with Gasteiger partial charge in [-0.05, 0) is 25.8 Å². The Morgan fingerprint density at radius 3 is 3.29 bits per heavy atom. The molecule has 0 amide bonds. The number of allylic oxidation sites excluding steroid dienone is 3. The first-order chi connectivity index (χ1) is 6.81. The Balaban J connectivity index is 2.06. The topological polar surface area (TPSA) is 38.3 Å². The summed E-state index contributed by atoms with van der Waals surface area (Å²) >= 11 is 0. The van der Waals surface area contributed by atoms with E-state index < -0.39 is 0 Å². The highest BCUT2D eigenvalue weighted by Crippen LogP contribution is 2.30. The van der Waals surface area contributed by atoms with Crippen LogP contribution in [0, 0.1) is 5.92 Å². The maximum atomic E-state index is 11.4. The Labute approximate surface area is 83.8 Å². The van der Waals surface area contributed by atoms with Gasteiger partial charge < -0.3 is 10.1 Å². The highest BCUT2D eigenvalue weighted by Gasteiger charge is 2.26. The lowest BCUT2D eigenvalue weighted by molar-refractivity contribution is -0.138. The second-order valence-electron chi connectivity index (χ2n) is 3.65. The summed E-state index contributed by atoms with van der Waals surface area (Å²) in [5, 5.41) is 3.31. The third kappa shape index (κ3) is 1.67. The predicted octanol–water partition coefficient (Wildman–Crippen LogP) is 1.37. The number of rotatable bonds is 2. The van der Waals surface area contributed by atoms with E-state index in [1.165, 1.54) is 5.70 Å². The molecule has 76 valence electrons. The highest BCUT2D eigenvalue weighted by molar-refractivity contribution is 5.89. The Kier molecular flexibility index (Phi) is 2.57. The summed E-state index contributed by atoms with van der Waals surface area (Å²) in [5.41, 5.74) is 2.09. The van der Waals surface area contributed by atoms with Crippen LogP contribution in [0.2, 0.25) is 0 Å². The minimum absolute atomic E-state index is 0.158. The van der Waals surface area contributed by atoms with Gasteiger partial charge in [-0.2, -0.15) is 0 Å². The molecule has 0 radical (unpaired) electrons. The van der Waals surface area contributed by atoms with Gasteiger partial charge in [-0.25, -0.2) is 4.79 Å². The SMILES string of the molecule is CCOC(=O)C1=CC=C2NCCC2C1. The van der Waals surface area contributed by atoms with Crippen molar-refractivity contribution in [1.29, 1.82) is 0 Å². The van der Waals surface area contributed by atoms with E-state index in [4.69, 9.17) is 4.74 Å². The molecule has 1 fully saturated rings. The Morgan fingerprint density at radius 2 is 2.50 bits per heavy atom. The fraction of sp³-hybridized carbons (Fsp3) is 0.545. The third-order valence-corrected chi connectivity index (χ3v) is 2.73. The molecule has 2 aliphatic rings. The van der Waals surface area contributed by atoms with Crippen LogP contribution in [0.15, 0.2) is 23.4 Å². The third-order valence-electron chi connectivity index (χ3n) is 2.73. The van der Waals surface area contributed by atoms with Crippen LogP contribution in [-0.4, -0.2) is 19.1 Å². The minimum Gasteiger partial charge on any atom is -0.463 e. The quantitative estimate of drug-likeness (QED) is 0.673. The number of carbonyl (C=O) groups excluding carboxylic acids is 1. The van der Waals surface area contributed by atoms with Gasteiger partial charge in [0.25, 0.3) is 0 Å². The van der Waals surface area contributed by atoms with Crippen LogP contribution in [0.25, 0.3) is 0 Å². The second-order valence-corrected chi connectivity index (χ2v) is 3.65. The second kappa shape index (κ2) is 3.86. The molecule has 0 aromatic carbocycles. The Morgan fingerprint density at radius 1 is 1.64 bits per heavy atom. The number of carbonyl (C=O) groups is 1. The number of hydrogen-bond donors (Lipinski definition) is 1. The van der Waals surface area contributed by atoms with E-state index in [0.29, 0.717) is 12.5 Å². The van der Waals surface area contributed by atoms with E-state index in [1.54, 1.807) is 0 Å². The molecule has 14 heavy (non-hydrogen) atoms. The lowest BCUT2D eigenvalue weighted by Crippen LogP contribution is -2.16. The molecule has 3 nitrogen and oxygen atoms in total. The molecule has 0 spiro atoms. The normalized spacial score (nSPS) is 24.5. The standard InChI is InChI=1S/C11H15NO2/c1-2-14-11(13)9-3-4-10-8(7-9)5-6-12-10/h3-4,8,12H,2,5-7H2,1H3. The van der Waals surface area contributed by atoms with Crippen molar-refractivity contribution < 1.29 is 9.53 Å². The fourth-order valence-electron chi connectivity index (χ4n) is 2.00. The van der Waals surface area contributed by atoms with E-state index in [9.17, 15) is 4.79 Å². The van der Waals surface area contributed by atoms with Crippen molar-refractivity contribution in [3.63, 3.8) is 0 Å². The van der Waals surface area contributed by atoms with Crippen LogP contribution < -0.4 is 5.32 Å². The molecule has 1 atom stereocenters. The molecule has 1 saturated heterocycles. The lowest BCUT2D eigenvalue weighted by Gasteiger charge is -2.16. The maximum Gasteiger partial charge on any atom is 0.334 e. The van der Waals surface area contributed by atoms with Gasteiger partial charge in [0, 0.05) is 23.7 Å². The van der Waals surface area contributed by atoms with Crippen molar-refractivity contribution in [2.24, 2.45) is 5.92 Å². The van der Waals surface area contributed by atoms with Crippen molar-refractivity contribution in [2.45, 2.75) is 19.8 Å². The van der Waals surface area contributed by atoms with Gasteiger partial charge >= 0.3 is 5.97 Å². The summed E-state index contributed by atoms with van der Waals surface area (Å²) < 4.78 is 4.97. The molecule has 1 aliphatic carbocycles. The summed E-state index contributed by atoms with van der Waals surface area (Å²) in [5.74, 6) is 0.356. The highest BCUT2D eigenvalue weighted by atomic mass is 16.5. The number of ether oxygens (including phenoxy) is 1. The van der Waals surface area contributed by atoms with Crippen molar-refractivity contribution in [3.05, 3.63) is 23.4 Å². The van der Waals surface area contributed by atoms with Gasteiger partial charge in [-0.3, -0.25) is 0 Å². The molecular formula is C11H15NO2. The summed E-state index contributed by atoms with van der Waals surface area (Å²) in [6.07, 6.45) is 5.84. The molecule has 1 heterocycles. The van der Waals surface area contributed by atoms with E-state index in [1.807, 2.05) is 19.1 Å². The molecule has 1 aliphatic heterocycles. The van der Waals surface area contributed by atoms with Gasteiger partial charge in [0.2, 0.25) is 0 Å². The van der Waals surface area contributed by atoms with Gasteiger partial charge in [0.05, 0.1) is 6.61 Å². The summed E-state index contributed by atoms with van der Waals surface area (Å²) in [6, 6.07) is 0. The zero-order valence-corrected chi connectivity index (χ0v) is 8.38. The van der Waals surface area contributed by atoms with Crippen LogP contribution in [0.1, 0.15) is 19.8 Å². The zero-order chi connectivity index (χ0) is 9.97. The number of hydrogen-bond acceptors (Lipinski definition) is 3.